The molecule has 2 aliphatic rings. The van der Waals surface area contributed by atoms with E-state index in [9.17, 15) is 14.0 Å². The third-order valence-corrected chi connectivity index (χ3v) is 5.96. The van der Waals surface area contributed by atoms with Crippen LogP contribution in [0.25, 0.3) is 0 Å². The number of fused-ring (bicyclic) bond motifs is 2. The van der Waals surface area contributed by atoms with Crippen molar-refractivity contribution in [3.8, 4) is 5.75 Å². The molecule has 2 aromatic carbocycles. The van der Waals surface area contributed by atoms with Gasteiger partial charge in [0.2, 0.25) is 0 Å². The maximum Gasteiger partial charge on any atom is 0.410 e. The van der Waals surface area contributed by atoms with Crippen molar-refractivity contribution in [3.05, 3.63) is 65.5 Å². The molecule has 2 aliphatic heterocycles. The zero-order valence-electron chi connectivity index (χ0n) is 16.3. The third kappa shape index (κ3) is 3.84. The fourth-order valence-electron chi connectivity index (χ4n) is 4.61. The molecule has 0 N–H and O–H groups in total. The van der Waals surface area contributed by atoms with E-state index in [1.54, 1.807) is 11.0 Å². The minimum absolute atomic E-state index is 0.00505. The molecule has 0 aromatic heterocycles. The Labute approximate surface area is 169 Å². The number of benzene rings is 2. The molecule has 4 rings (SSSR count). The van der Waals surface area contributed by atoms with E-state index in [0.717, 1.165) is 18.4 Å². The highest BCUT2D eigenvalue weighted by atomic mass is 19.1. The predicted molar refractivity (Wildman–Crippen MR) is 105 cm³/mol. The second kappa shape index (κ2) is 8.23. The summed E-state index contributed by atoms with van der Waals surface area (Å²) in [5.41, 5.74) is 1.22. The molecule has 152 valence electrons. The Balaban J connectivity index is 1.43. The summed E-state index contributed by atoms with van der Waals surface area (Å²) >= 11 is 0. The molecule has 2 aromatic rings. The lowest BCUT2D eigenvalue weighted by Gasteiger charge is -2.37. The Hall–Kier alpha value is -2.89. The average molecular weight is 397 g/mol. The lowest BCUT2D eigenvalue weighted by atomic mass is 9.84. The third-order valence-electron chi connectivity index (χ3n) is 5.96. The highest BCUT2D eigenvalue weighted by Gasteiger charge is 2.46. The number of nitrogens with zero attached hydrogens (tertiary/aromatic N) is 1. The molecule has 5 nitrogen and oxygen atoms in total. The summed E-state index contributed by atoms with van der Waals surface area (Å²) in [6, 6.07) is 13.9. The van der Waals surface area contributed by atoms with Crippen LogP contribution in [-0.2, 0) is 11.3 Å². The monoisotopic (exact) mass is 397 g/mol. The van der Waals surface area contributed by atoms with Gasteiger partial charge in [-0.15, -0.1) is 0 Å². The molecule has 2 fully saturated rings. The van der Waals surface area contributed by atoms with Gasteiger partial charge in [-0.05, 0) is 43.4 Å². The zero-order chi connectivity index (χ0) is 20.4. The van der Waals surface area contributed by atoms with Crippen molar-refractivity contribution in [2.45, 2.75) is 44.4 Å². The van der Waals surface area contributed by atoms with Gasteiger partial charge in [0.1, 0.15) is 6.61 Å². The van der Waals surface area contributed by atoms with E-state index in [1.807, 2.05) is 30.3 Å². The highest BCUT2D eigenvalue weighted by molar-refractivity contribution is 6.00. The van der Waals surface area contributed by atoms with E-state index in [1.165, 1.54) is 19.2 Å². The lowest BCUT2D eigenvalue weighted by Crippen LogP contribution is -2.48. The maximum absolute atomic E-state index is 14.0. The molecular formula is C23H24FNO4. The van der Waals surface area contributed by atoms with Crippen LogP contribution in [0.2, 0.25) is 0 Å². The van der Waals surface area contributed by atoms with Gasteiger partial charge in [0, 0.05) is 18.0 Å². The summed E-state index contributed by atoms with van der Waals surface area (Å²) in [5, 5.41) is 0. The number of carbonyl (C=O) groups is 2. The predicted octanol–water partition coefficient (Wildman–Crippen LogP) is 4.60. The number of rotatable bonds is 5. The number of hydrogen-bond acceptors (Lipinski definition) is 4. The van der Waals surface area contributed by atoms with Gasteiger partial charge in [-0.2, -0.15) is 0 Å². The molecule has 29 heavy (non-hydrogen) atoms. The van der Waals surface area contributed by atoms with Gasteiger partial charge < -0.3 is 14.4 Å². The Morgan fingerprint density at radius 1 is 1.03 bits per heavy atom. The van der Waals surface area contributed by atoms with Crippen molar-refractivity contribution in [2.24, 2.45) is 5.92 Å². The van der Waals surface area contributed by atoms with Crippen LogP contribution < -0.4 is 4.74 Å². The summed E-state index contributed by atoms with van der Waals surface area (Å²) in [4.78, 5) is 27.5. The van der Waals surface area contributed by atoms with Crippen LogP contribution in [0.3, 0.4) is 0 Å². The van der Waals surface area contributed by atoms with E-state index >= 15 is 0 Å². The number of carbonyl (C=O) groups excluding carboxylic acids is 2. The molecule has 2 saturated heterocycles. The molecule has 0 saturated carbocycles. The smallest absolute Gasteiger partial charge is 0.410 e. The Morgan fingerprint density at radius 3 is 2.38 bits per heavy atom. The van der Waals surface area contributed by atoms with Crippen molar-refractivity contribution in [3.63, 3.8) is 0 Å². The lowest BCUT2D eigenvalue weighted by molar-refractivity contribution is 0.0484. The van der Waals surface area contributed by atoms with Crippen LogP contribution in [0.4, 0.5) is 9.18 Å². The van der Waals surface area contributed by atoms with Crippen LogP contribution in [0, 0.1) is 11.7 Å². The Bertz CT molecular complexity index is 887. The van der Waals surface area contributed by atoms with Crippen LogP contribution in [0.1, 0.15) is 41.6 Å². The van der Waals surface area contributed by atoms with Gasteiger partial charge in [-0.3, -0.25) is 4.79 Å². The molecule has 0 aliphatic carbocycles. The van der Waals surface area contributed by atoms with Crippen LogP contribution in [0.5, 0.6) is 5.75 Å². The van der Waals surface area contributed by atoms with E-state index in [2.05, 4.69) is 0 Å². The van der Waals surface area contributed by atoms with Crippen molar-refractivity contribution in [1.29, 1.82) is 0 Å². The first-order valence-corrected chi connectivity index (χ1v) is 9.94. The van der Waals surface area contributed by atoms with Crippen molar-refractivity contribution in [1.82, 2.24) is 4.90 Å². The normalized spacial score (nSPS) is 23.0. The molecular weight excluding hydrogens is 373 g/mol. The van der Waals surface area contributed by atoms with Gasteiger partial charge in [0.15, 0.2) is 17.3 Å². The number of ether oxygens (including phenoxy) is 2. The molecule has 2 heterocycles. The fraction of sp³-hybridized carbons (Fsp3) is 0.391. The van der Waals surface area contributed by atoms with Gasteiger partial charge in [0.25, 0.3) is 0 Å². The maximum atomic E-state index is 14.0. The zero-order valence-corrected chi connectivity index (χ0v) is 16.3. The molecule has 1 amide bonds. The van der Waals surface area contributed by atoms with E-state index in [0.29, 0.717) is 12.8 Å². The number of Topliss-reactive ketones (excluding diaryl/α,β-unsaturated/α-hetero) is 1. The van der Waals surface area contributed by atoms with Gasteiger partial charge in [-0.1, -0.05) is 36.4 Å². The molecule has 0 radical (unpaired) electrons. The number of para-hydroxylation sites is 1. The fourth-order valence-corrected chi connectivity index (χ4v) is 4.61. The summed E-state index contributed by atoms with van der Waals surface area (Å²) in [6.07, 6.45) is 2.52. The minimum atomic E-state index is -0.539. The molecule has 2 unspecified atom stereocenters. The average Bonchev–Trinajstić information content (AvgIpc) is 3.01. The molecule has 6 heteroatoms. The first kappa shape index (κ1) is 19.4. The van der Waals surface area contributed by atoms with Crippen molar-refractivity contribution < 1.29 is 23.5 Å². The number of ketones is 1. The molecule has 2 bridgehead atoms. The second-order valence-electron chi connectivity index (χ2n) is 7.69. The first-order chi connectivity index (χ1) is 14.1. The van der Waals surface area contributed by atoms with Crippen LogP contribution in [-0.4, -0.2) is 36.0 Å². The van der Waals surface area contributed by atoms with Gasteiger partial charge in [-0.25, -0.2) is 9.18 Å². The van der Waals surface area contributed by atoms with Crippen molar-refractivity contribution >= 4 is 11.9 Å². The standard InChI is InChI=1S/C23H24FNO4/c1-28-22-19(8-5-9-20(22)24)21(26)16-12-17-10-11-18(13-16)25(17)23(27)29-14-15-6-3-2-4-7-15/h2-9,16-18H,10-14H2,1H3. The SMILES string of the molecule is COc1c(F)cccc1C(=O)C1CC2CCC(C1)N2C(=O)OCc1ccccc1. The number of hydrogen-bond donors (Lipinski definition) is 0. The van der Waals surface area contributed by atoms with Crippen molar-refractivity contribution in [2.75, 3.05) is 7.11 Å². The van der Waals surface area contributed by atoms with Crippen LogP contribution >= 0.6 is 0 Å². The molecule has 0 spiro atoms. The molecule has 2 atom stereocenters. The van der Waals surface area contributed by atoms with Gasteiger partial charge in [0.05, 0.1) is 12.7 Å². The second-order valence-corrected chi connectivity index (χ2v) is 7.69. The highest BCUT2D eigenvalue weighted by Crippen LogP contribution is 2.41. The van der Waals surface area contributed by atoms with Gasteiger partial charge >= 0.3 is 6.09 Å². The summed E-state index contributed by atoms with van der Waals surface area (Å²) in [6.45, 7) is 0.235. The Morgan fingerprint density at radius 2 is 1.72 bits per heavy atom. The van der Waals surface area contributed by atoms with E-state index in [4.69, 9.17) is 9.47 Å². The number of halogens is 1. The summed E-state index contributed by atoms with van der Waals surface area (Å²) in [7, 11) is 1.37. The summed E-state index contributed by atoms with van der Waals surface area (Å²) < 4.78 is 24.6. The van der Waals surface area contributed by atoms with Crippen LogP contribution in [0.15, 0.2) is 48.5 Å². The minimum Gasteiger partial charge on any atom is -0.493 e. The number of methoxy groups -OCH3 is 1. The Kier molecular flexibility index (Phi) is 5.51. The van der Waals surface area contributed by atoms with E-state index in [-0.39, 0.29) is 47.8 Å². The summed E-state index contributed by atoms with van der Waals surface area (Å²) in [5.74, 6) is -0.908. The topological polar surface area (TPSA) is 55.8 Å². The first-order valence-electron chi connectivity index (χ1n) is 9.94. The largest absolute Gasteiger partial charge is 0.493 e. The number of amides is 1. The van der Waals surface area contributed by atoms with E-state index < -0.39 is 5.82 Å². The number of piperidine rings is 1. The quantitative estimate of drug-likeness (QED) is 0.692.